The Balaban J connectivity index is 1.51. The lowest BCUT2D eigenvalue weighted by Gasteiger charge is -2.08. The molecule has 0 spiro atoms. The Labute approximate surface area is 158 Å². The van der Waals surface area contributed by atoms with Crippen molar-refractivity contribution in [2.75, 3.05) is 13.2 Å². The van der Waals surface area contributed by atoms with Crippen LogP contribution in [0.25, 0.3) is 10.8 Å². The van der Waals surface area contributed by atoms with Crippen LogP contribution in [0.1, 0.15) is 64.7 Å². The summed E-state index contributed by atoms with van der Waals surface area (Å²) in [6.45, 7) is 3.08. The lowest BCUT2D eigenvalue weighted by Crippen LogP contribution is -2.29. The smallest absolute Gasteiger partial charge is 0.257 e. The third-order valence-electron chi connectivity index (χ3n) is 4.69. The number of hydrogen-bond donors (Lipinski definition) is 1. The van der Waals surface area contributed by atoms with Crippen molar-refractivity contribution in [3.8, 4) is 5.75 Å². The maximum Gasteiger partial charge on any atom is 0.257 e. The maximum atomic E-state index is 11.9. The molecule has 142 valence electrons. The van der Waals surface area contributed by atoms with Crippen LogP contribution in [0.2, 0.25) is 0 Å². The minimum absolute atomic E-state index is 0.0438. The molecule has 0 aromatic heterocycles. The van der Waals surface area contributed by atoms with Crippen LogP contribution in [0.5, 0.6) is 5.75 Å². The SMILES string of the molecule is CCCCCCCCCCCNC(=O)COc1ccc2ccccc2c1. The summed E-state index contributed by atoms with van der Waals surface area (Å²) in [7, 11) is 0. The van der Waals surface area contributed by atoms with Crippen molar-refractivity contribution in [2.24, 2.45) is 0 Å². The quantitative estimate of drug-likeness (QED) is 0.457. The number of nitrogens with one attached hydrogen (secondary N) is 1. The molecule has 2 aromatic carbocycles. The lowest BCUT2D eigenvalue weighted by atomic mass is 10.1. The Bertz CT molecular complexity index is 653. The van der Waals surface area contributed by atoms with Crippen LogP contribution in [0.4, 0.5) is 0 Å². The second-order valence-electron chi connectivity index (χ2n) is 6.98. The van der Waals surface area contributed by atoms with Gasteiger partial charge < -0.3 is 10.1 Å². The van der Waals surface area contributed by atoms with Crippen LogP contribution in [-0.2, 0) is 4.79 Å². The van der Waals surface area contributed by atoms with Gasteiger partial charge in [0.1, 0.15) is 5.75 Å². The average Bonchev–Trinajstić information content (AvgIpc) is 2.67. The highest BCUT2D eigenvalue weighted by molar-refractivity contribution is 5.84. The minimum Gasteiger partial charge on any atom is -0.484 e. The fourth-order valence-electron chi connectivity index (χ4n) is 3.12. The summed E-state index contributed by atoms with van der Waals surface area (Å²) in [6, 6.07) is 14.0. The molecule has 0 radical (unpaired) electrons. The van der Waals surface area contributed by atoms with E-state index in [9.17, 15) is 4.79 Å². The normalized spacial score (nSPS) is 10.8. The van der Waals surface area contributed by atoms with Gasteiger partial charge in [-0.1, -0.05) is 88.6 Å². The Hall–Kier alpha value is -2.03. The van der Waals surface area contributed by atoms with Crippen molar-refractivity contribution in [3.63, 3.8) is 0 Å². The molecular formula is C23H33NO2. The van der Waals surface area contributed by atoms with Gasteiger partial charge in [0.25, 0.3) is 5.91 Å². The van der Waals surface area contributed by atoms with Crippen LogP contribution < -0.4 is 10.1 Å². The summed E-state index contributed by atoms with van der Waals surface area (Å²) in [4.78, 5) is 11.9. The molecule has 2 aromatic rings. The zero-order valence-corrected chi connectivity index (χ0v) is 16.1. The van der Waals surface area contributed by atoms with Gasteiger partial charge in [0.05, 0.1) is 0 Å². The summed E-state index contributed by atoms with van der Waals surface area (Å²) in [6.07, 6.45) is 11.6. The molecule has 0 saturated heterocycles. The van der Waals surface area contributed by atoms with Gasteiger partial charge in [-0.05, 0) is 29.3 Å². The number of amides is 1. The van der Waals surface area contributed by atoms with E-state index in [1.165, 1.54) is 56.8 Å². The molecule has 2 rings (SSSR count). The van der Waals surface area contributed by atoms with Gasteiger partial charge in [-0.3, -0.25) is 4.79 Å². The molecule has 1 amide bonds. The molecule has 0 saturated carbocycles. The molecule has 0 atom stereocenters. The van der Waals surface area contributed by atoms with Gasteiger partial charge in [0.2, 0.25) is 0 Å². The molecule has 0 unspecified atom stereocenters. The highest BCUT2D eigenvalue weighted by Crippen LogP contribution is 2.20. The van der Waals surface area contributed by atoms with Gasteiger partial charge in [-0.25, -0.2) is 0 Å². The van der Waals surface area contributed by atoms with Crippen LogP contribution in [0.3, 0.4) is 0 Å². The summed E-state index contributed by atoms with van der Waals surface area (Å²) >= 11 is 0. The number of ether oxygens (including phenoxy) is 1. The van der Waals surface area contributed by atoms with Crippen molar-refractivity contribution in [1.29, 1.82) is 0 Å². The highest BCUT2D eigenvalue weighted by Gasteiger charge is 2.03. The molecule has 1 N–H and O–H groups in total. The molecule has 0 heterocycles. The van der Waals surface area contributed by atoms with Crippen LogP contribution in [0, 0.1) is 0 Å². The first-order chi connectivity index (χ1) is 12.8. The summed E-state index contributed by atoms with van der Waals surface area (Å²) < 4.78 is 5.61. The number of carbonyl (C=O) groups excluding carboxylic acids is 1. The maximum absolute atomic E-state index is 11.9. The van der Waals surface area contributed by atoms with Gasteiger partial charge in [-0.15, -0.1) is 0 Å². The van der Waals surface area contributed by atoms with Crippen molar-refractivity contribution in [2.45, 2.75) is 64.7 Å². The predicted octanol–water partition coefficient (Wildman–Crippen LogP) is 5.87. The Morgan fingerprint density at radius 1 is 0.846 bits per heavy atom. The summed E-state index contributed by atoms with van der Waals surface area (Å²) in [5, 5.41) is 5.25. The zero-order chi connectivity index (χ0) is 18.5. The van der Waals surface area contributed by atoms with Crippen molar-refractivity contribution in [1.82, 2.24) is 5.32 Å². The molecule has 0 aliphatic carbocycles. The molecule has 3 heteroatoms. The second kappa shape index (κ2) is 12.3. The second-order valence-corrected chi connectivity index (χ2v) is 6.98. The number of unbranched alkanes of at least 4 members (excludes halogenated alkanes) is 8. The van der Waals surface area contributed by atoms with E-state index in [1.54, 1.807) is 0 Å². The van der Waals surface area contributed by atoms with Crippen LogP contribution in [-0.4, -0.2) is 19.1 Å². The lowest BCUT2D eigenvalue weighted by molar-refractivity contribution is -0.123. The average molecular weight is 356 g/mol. The number of hydrogen-bond acceptors (Lipinski definition) is 2. The Morgan fingerprint density at radius 3 is 2.23 bits per heavy atom. The van der Waals surface area contributed by atoms with Crippen molar-refractivity contribution < 1.29 is 9.53 Å². The monoisotopic (exact) mass is 355 g/mol. The first-order valence-electron chi connectivity index (χ1n) is 10.2. The largest absolute Gasteiger partial charge is 0.484 e. The molecular weight excluding hydrogens is 322 g/mol. The minimum atomic E-state index is -0.0438. The van der Waals surface area contributed by atoms with Gasteiger partial charge >= 0.3 is 0 Å². The van der Waals surface area contributed by atoms with E-state index in [1.807, 2.05) is 36.4 Å². The van der Waals surface area contributed by atoms with Crippen molar-refractivity contribution in [3.05, 3.63) is 42.5 Å². The van der Waals surface area contributed by atoms with Gasteiger partial charge in [0, 0.05) is 6.54 Å². The number of rotatable bonds is 13. The van der Waals surface area contributed by atoms with E-state index in [0.29, 0.717) is 0 Å². The summed E-state index contributed by atoms with van der Waals surface area (Å²) in [5.41, 5.74) is 0. The van der Waals surface area contributed by atoms with E-state index >= 15 is 0 Å². The zero-order valence-electron chi connectivity index (χ0n) is 16.1. The molecule has 26 heavy (non-hydrogen) atoms. The summed E-state index contributed by atoms with van der Waals surface area (Å²) in [5.74, 6) is 0.694. The number of carbonyl (C=O) groups is 1. The number of fused-ring (bicyclic) bond motifs is 1. The fraction of sp³-hybridized carbons (Fsp3) is 0.522. The van der Waals surface area contributed by atoms with E-state index in [4.69, 9.17) is 4.74 Å². The van der Waals surface area contributed by atoms with Crippen LogP contribution in [0.15, 0.2) is 42.5 Å². The van der Waals surface area contributed by atoms with E-state index in [2.05, 4.69) is 18.3 Å². The van der Waals surface area contributed by atoms with Crippen molar-refractivity contribution >= 4 is 16.7 Å². The Morgan fingerprint density at radius 2 is 1.50 bits per heavy atom. The third-order valence-corrected chi connectivity index (χ3v) is 4.69. The first kappa shape index (κ1) is 20.3. The molecule has 0 bridgehead atoms. The molecule has 3 nitrogen and oxygen atoms in total. The van der Waals surface area contributed by atoms with Gasteiger partial charge in [0.15, 0.2) is 6.61 Å². The molecule has 0 fully saturated rings. The topological polar surface area (TPSA) is 38.3 Å². The fourth-order valence-corrected chi connectivity index (χ4v) is 3.12. The first-order valence-corrected chi connectivity index (χ1v) is 10.2. The molecule has 0 aliphatic rings. The van der Waals surface area contributed by atoms with E-state index in [-0.39, 0.29) is 12.5 Å². The Kier molecular flexibility index (Phi) is 9.63. The standard InChI is InChI=1S/C23H33NO2/c1-2-3-4-5-6-7-8-9-12-17-24-23(25)19-26-22-16-15-20-13-10-11-14-21(20)18-22/h10-11,13-16,18H,2-9,12,17,19H2,1H3,(H,24,25). The van der Waals surface area contributed by atoms with E-state index in [0.717, 1.165) is 24.1 Å². The molecule has 0 aliphatic heterocycles. The van der Waals surface area contributed by atoms with Gasteiger partial charge in [-0.2, -0.15) is 0 Å². The van der Waals surface area contributed by atoms with E-state index < -0.39 is 0 Å². The third kappa shape index (κ3) is 7.90. The highest BCUT2D eigenvalue weighted by atomic mass is 16.5. The predicted molar refractivity (Wildman–Crippen MR) is 110 cm³/mol. The number of benzene rings is 2. The van der Waals surface area contributed by atoms with Crippen LogP contribution >= 0.6 is 0 Å².